The van der Waals surface area contributed by atoms with Crippen LogP contribution in [0.4, 0.5) is 5.69 Å². The minimum absolute atomic E-state index is 0.0138. The third kappa shape index (κ3) is 3.09. The average molecular weight is 294 g/mol. The number of aliphatic imine (C=N–C) groups is 1. The quantitative estimate of drug-likeness (QED) is 0.771. The van der Waals surface area contributed by atoms with Crippen molar-refractivity contribution >= 4 is 35.1 Å². The fourth-order valence-corrected chi connectivity index (χ4v) is 2.21. The van der Waals surface area contributed by atoms with Crippen molar-refractivity contribution in [2.45, 2.75) is 13.8 Å². The summed E-state index contributed by atoms with van der Waals surface area (Å²) < 4.78 is 0. The molecule has 2 aromatic carbocycles. The molecule has 2 aromatic rings. The number of hydrogen-bond donors (Lipinski definition) is 1. The molecular weight excluding hydrogens is 281 g/mol. The Morgan fingerprint density at radius 3 is 2.63 bits per heavy atom. The smallest absolute Gasteiger partial charge is 0.143 e. The van der Waals surface area contributed by atoms with Crippen LogP contribution < -0.4 is 0 Å². The number of phenols is 1. The van der Waals surface area contributed by atoms with Gasteiger partial charge in [-0.1, -0.05) is 35.3 Å². The molecule has 0 aliphatic heterocycles. The largest absolute Gasteiger partial charge is 0.506 e. The molecule has 0 saturated carbocycles. The van der Waals surface area contributed by atoms with E-state index in [1.807, 2.05) is 32.0 Å². The van der Waals surface area contributed by atoms with Gasteiger partial charge in [0.1, 0.15) is 5.75 Å². The summed E-state index contributed by atoms with van der Waals surface area (Å²) >= 11 is 11.8. The van der Waals surface area contributed by atoms with Crippen LogP contribution in [0.15, 0.2) is 35.3 Å². The van der Waals surface area contributed by atoms with Crippen molar-refractivity contribution in [1.29, 1.82) is 0 Å². The lowest BCUT2D eigenvalue weighted by Gasteiger charge is -2.05. The zero-order valence-electron chi connectivity index (χ0n) is 10.6. The number of phenolic OH excluding ortho intramolecular Hbond substituents is 1. The van der Waals surface area contributed by atoms with E-state index in [1.54, 1.807) is 12.3 Å². The van der Waals surface area contributed by atoms with E-state index in [1.165, 1.54) is 11.6 Å². The second kappa shape index (κ2) is 5.64. The molecule has 4 heteroatoms. The molecule has 0 amide bonds. The van der Waals surface area contributed by atoms with E-state index in [0.717, 1.165) is 11.3 Å². The third-order valence-electron chi connectivity index (χ3n) is 2.98. The van der Waals surface area contributed by atoms with Gasteiger partial charge in [0.05, 0.1) is 10.7 Å². The Bertz CT molecular complexity index is 651. The summed E-state index contributed by atoms with van der Waals surface area (Å²) in [7, 11) is 0. The summed E-state index contributed by atoms with van der Waals surface area (Å²) in [6.07, 6.45) is 1.56. The van der Waals surface area contributed by atoms with Gasteiger partial charge in [0.2, 0.25) is 0 Å². The standard InChI is InChI=1S/C15H13Cl2NO/c1-9-4-3-5-14(10(9)2)18-8-11-6-12(16)7-13(17)15(11)19/h3-8,19H,1-2H3. The van der Waals surface area contributed by atoms with E-state index in [9.17, 15) is 5.11 Å². The molecule has 98 valence electrons. The molecule has 2 nitrogen and oxygen atoms in total. The van der Waals surface area contributed by atoms with E-state index < -0.39 is 0 Å². The number of rotatable bonds is 2. The maximum Gasteiger partial charge on any atom is 0.143 e. The maximum atomic E-state index is 9.84. The third-order valence-corrected chi connectivity index (χ3v) is 3.48. The first-order valence-corrected chi connectivity index (χ1v) is 6.53. The van der Waals surface area contributed by atoms with E-state index in [0.29, 0.717) is 10.6 Å². The van der Waals surface area contributed by atoms with Gasteiger partial charge >= 0.3 is 0 Å². The van der Waals surface area contributed by atoms with Gasteiger partial charge < -0.3 is 5.11 Å². The number of nitrogens with zero attached hydrogens (tertiary/aromatic N) is 1. The van der Waals surface area contributed by atoms with Crippen molar-refractivity contribution in [3.8, 4) is 5.75 Å². The molecule has 19 heavy (non-hydrogen) atoms. The van der Waals surface area contributed by atoms with Crippen molar-refractivity contribution < 1.29 is 5.11 Å². The molecule has 0 heterocycles. The van der Waals surface area contributed by atoms with Gasteiger partial charge in [-0.2, -0.15) is 0 Å². The number of hydrogen-bond acceptors (Lipinski definition) is 2. The molecule has 2 rings (SSSR count). The monoisotopic (exact) mass is 293 g/mol. The van der Waals surface area contributed by atoms with Crippen molar-refractivity contribution in [3.63, 3.8) is 0 Å². The molecule has 0 saturated heterocycles. The fourth-order valence-electron chi connectivity index (χ4n) is 1.70. The molecule has 0 aromatic heterocycles. The van der Waals surface area contributed by atoms with Gasteiger partial charge in [0, 0.05) is 16.8 Å². The Morgan fingerprint density at radius 1 is 1.16 bits per heavy atom. The molecule has 0 aliphatic rings. The van der Waals surface area contributed by atoms with E-state index in [4.69, 9.17) is 23.2 Å². The zero-order chi connectivity index (χ0) is 14.0. The lowest BCUT2D eigenvalue weighted by atomic mass is 10.1. The number of benzene rings is 2. The van der Waals surface area contributed by atoms with Crippen molar-refractivity contribution in [1.82, 2.24) is 0 Å². The molecule has 1 N–H and O–H groups in total. The predicted molar refractivity (Wildman–Crippen MR) is 81.3 cm³/mol. The van der Waals surface area contributed by atoms with Crippen LogP contribution in [0.2, 0.25) is 10.0 Å². The fraction of sp³-hybridized carbons (Fsp3) is 0.133. The van der Waals surface area contributed by atoms with Crippen LogP contribution >= 0.6 is 23.2 Å². The minimum Gasteiger partial charge on any atom is -0.506 e. The summed E-state index contributed by atoms with van der Waals surface area (Å²) in [5, 5.41) is 10.5. The van der Waals surface area contributed by atoms with Crippen LogP contribution in [-0.4, -0.2) is 11.3 Å². The first-order chi connectivity index (χ1) is 8.99. The van der Waals surface area contributed by atoms with Crippen LogP contribution in [0.5, 0.6) is 5.75 Å². The number of aryl methyl sites for hydroxylation is 1. The summed E-state index contributed by atoms with van der Waals surface area (Å²) in [5.41, 5.74) is 3.63. The van der Waals surface area contributed by atoms with Gasteiger partial charge in [-0.05, 0) is 43.2 Å². The summed E-state index contributed by atoms with van der Waals surface area (Å²) in [6.45, 7) is 4.04. The van der Waals surface area contributed by atoms with Gasteiger partial charge in [0.15, 0.2) is 0 Å². The van der Waals surface area contributed by atoms with E-state index in [2.05, 4.69) is 4.99 Å². The van der Waals surface area contributed by atoms with Gasteiger partial charge in [-0.15, -0.1) is 0 Å². The zero-order valence-corrected chi connectivity index (χ0v) is 12.1. The highest BCUT2D eigenvalue weighted by Gasteiger charge is 2.06. The van der Waals surface area contributed by atoms with Gasteiger partial charge in [-0.25, -0.2) is 0 Å². The molecule has 0 atom stereocenters. The number of aromatic hydroxyl groups is 1. The van der Waals surface area contributed by atoms with Gasteiger partial charge in [-0.3, -0.25) is 4.99 Å². The van der Waals surface area contributed by atoms with Crippen LogP contribution in [0.25, 0.3) is 0 Å². The van der Waals surface area contributed by atoms with Crippen LogP contribution in [0, 0.1) is 13.8 Å². The second-order valence-corrected chi connectivity index (χ2v) is 5.15. The first kappa shape index (κ1) is 13.9. The highest BCUT2D eigenvalue weighted by molar-refractivity contribution is 6.36. The topological polar surface area (TPSA) is 32.6 Å². The second-order valence-electron chi connectivity index (χ2n) is 4.30. The molecular formula is C15H13Cl2NO. The van der Waals surface area contributed by atoms with Gasteiger partial charge in [0.25, 0.3) is 0 Å². The molecule has 0 radical (unpaired) electrons. The highest BCUT2D eigenvalue weighted by Crippen LogP contribution is 2.30. The Kier molecular flexibility index (Phi) is 4.13. The Hall–Kier alpha value is -1.51. The molecule has 0 spiro atoms. The molecule has 0 aliphatic carbocycles. The van der Waals surface area contributed by atoms with Crippen molar-refractivity contribution in [3.05, 3.63) is 57.1 Å². The predicted octanol–water partition coefficient (Wildman–Crippen LogP) is 5.07. The van der Waals surface area contributed by atoms with Crippen molar-refractivity contribution in [2.75, 3.05) is 0 Å². The molecule has 0 bridgehead atoms. The van der Waals surface area contributed by atoms with E-state index in [-0.39, 0.29) is 10.8 Å². The molecule has 0 fully saturated rings. The summed E-state index contributed by atoms with van der Waals surface area (Å²) in [6, 6.07) is 9.01. The van der Waals surface area contributed by atoms with E-state index >= 15 is 0 Å². The van der Waals surface area contributed by atoms with Crippen LogP contribution in [0.3, 0.4) is 0 Å². The average Bonchev–Trinajstić information content (AvgIpc) is 2.36. The maximum absolute atomic E-state index is 9.84. The number of halogens is 2. The Balaban J connectivity index is 2.41. The van der Waals surface area contributed by atoms with Crippen molar-refractivity contribution in [2.24, 2.45) is 4.99 Å². The lowest BCUT2D eigenvalue weighted by molar-refractivity contribution is 0.475. The Labute approximate surface area is 122 Å². The minimum atomic E-state index is -0.0138. The highest BCUT2D eigenvalue weighted by atomic mass is 35.5. The first-order valence-electron chi connectivity index (χ1n) is 5.77. The summed E-state index contributed by atoms with van der Waals surface area (Å²) in [4.78, 5) is 4.38. The van der Waals surface area contributed by atoms with Crippen LogP contribution in [0.1, 0.15) is 16.7 Å². The lowest BCUT2D eigenvalue weighted by Crippen LogP contribution is -1.85. The summed E-state index contributed by atoms with van der Waals surface area (Å²) in [5.74, 6) is -0.0138. The normalized spacial score (nSPS) is 11.2. The SMILES string of the molecule is Cc1cccc(N=Cc2cc(Cl)cc(Cl)c2O)c1C. The van der Waals surface area contributed by atoms with Crippen LogP contribution in [-0.2, 0) is 0 Å². The Morgan fingerprint density at radius 2 is 1.89 bits per heavy atom. The molecule has 0 unspecified atom stereocenters.